The first-order valence-corrected chi connectivity index (χ1v) is 8.64. The van der Waals surface area contributed by atoms with Gasteiger partial charge in [-0.15, -0.1) is 0 Å². The van der Waals surface area contributed by atoms with Crippen LogP contribution in [0.2, 0.25) is 5.02 Å². The number of furan rings is 1. The van der Waals surface area contributed by atoms with Gasteiger partial charge >= 0.3 is 0 Å². The maximum Gasteiger partial charge on any atom is 0.222 e. The highest BCUT2D eigenvalue weighted by Gasteiger charge is 2.19. The second-order valence-corrected chi connectivity index (χ2v) is 6.25. The molecule has 0 aliphatic rings. The summed E-state index contributed by atoms with van der Waals surface area (Å²) in [7, 11) is 0. The first kappa shape index (κ1) is 17.9. The summed E-state index contributed by atoms with van der Waals surface area (Å²) in [5.74, 6) is 0.721. The fourth-order valence-corrected chi connectivity index (χ4v) is 2.92. The van der Waals surface area contributed by atoms with E-state index in [1.54, 1.807) is 30.8 Å². The number of rotatable bonds is 5. The molecule has 3 aromatic heterocycles. The summed E-state index contributed by atoms with van der Waals surface area (Å²) in [5.41, 5.74) is 8.28. The van der Waals surface area contributed by atoms with E-state index < -0.39 is 5.82 Å². The van der Waals surface area contributed by atoms with Crippen LogP contribution in [-0.2, 0) is 6.54 Å². The molecule has 0 fully saturated rings. The van der Waals surface area contributed by atoms with Crippen molar-refractivity contribution in [3.05, 3.63) is 71.9 Å². The zero-order chi connectivity index (χ0) is 19.5. The van der Waals surface area contributed by atoms with E-state index in [0.29, 0.717) is 34.7 Å². The van der Waals surface area contributed by atoms with Crippen molar-refractivity contribution >= 4 is 23.4 Å². The van der Waals surface area contributed by atoms with Crippen LogP contribution in [0.3, 0.4) is 0 Å². The van der Waals surface area contributed by atoms with E-state index in [0.717, 1.165) is 5.76 Å². The zero-order valence-corrected chi connectivity index (χ0v) is 15.2. The lowest BCUT2D eigenvalue weighted by atomic mass is 10.0. The van der Waals surface area contributed by atoms with Gasteiger partial charge in [0.05, 0.1) is 29.1 Å². The van der Waals surface area contributed by atoms with Gasteiger partial charge in [-0.3, -0.25) is 0 Å². The van der Waals surface area contributed by atoms with Crippen molar-refractivity contribution in [2.75, 3.05) is 11.1 Å². The van der Waals surface area contributed by atoms with Crippen LogP contribution in [0.5, 0.6) is 0 Å². The average Bonchev–Trinajstić information content (AvgIpc) is 3.22. The Morgan fingerprint density at radius 1 is 1.11 bits per heavy atom. The zero-order valence-electron chi connectivity index (χ0n) is 14.4. The number of hydrogen-bond donors (Lipinski definition) is 2. The molecule has 1 aromatic carbocycles. The van der Waals surface area contributed by atoms with Crippen molar-refractivity contribution in [3.8, 4) is 22.4 Å². The maximum absolute atomic E-state index is 13.6. The van der Waals surface area contributed by atoms with Gasteiger partial charge in [0.1, 0.15) is 23.7 Å². The molecule has 9 heteroatoms. The molecule has 4 aromatic rings. The van der Waals surface area contributed by atoms with Crippen LogP contribution in [-0.4, -0.2) is 19.9 Å². The number of halogens is 2. The molecule has 0 amide bonds. The first-order valence-electron chi connectivity index (χ1n) is 8.26. The molecule has 7 nitrogen and oxygen atoms in total. The number of anilines is 2. The number of aromatic nitrogens is 4. The van der Waals surface area contributed by atoms with Gasteiger partial charge in [0.15, 0.2) is 0 Å². The van der Waals surface area contributed by atoms with Gasteiger partial charge in [0.25, 0.3) is 0 Å². The van der Waals surface area contributed by atoms with Gasteiger partial charge in [-0.2, -0.15) is 4.98 Å². The molecule has 3 N–H and O–H groups in total. The van der Waals surface area contributed by atoms with Crippen molar-refractivity contribution in [3.63, 3.8) is 0 Å². The standard InChI is InChI=1S/C19H14ClFN6O/c20-14-6-11(3-4-15(14)21)17-16(12-7-23-10-24-8-12)18(27-19(22)26-17)25-9-13-2-1-5-28-13/h1-8,10H,9H2,(H3,22,25,26,27). The minimum Gasteiger partial charge on any atom is -0.467 e. The van der Waals surface area contributed by atoms with E-state index in [4.69, 9.17) is 21.8 Å². The highest BCUT2D eigenvalue weighted by Crippen LogP contribution is 2.37. The predicted octanol–water partition coefficient (Wildman–Crippen LogP) is 4.18. The third kappa shape index (κ3) is 3.63. The molecular formula is C19H14ClFN6O. The van der Waals surface area contributed by atoms with Crippen LogP contribution in [0.1, 0.15) is 5.76 Å². The molecule has 4 rings (SSSR count). The highest BCUT2D eigenvalue weighted by atomic mass is 35.5. The summed E-state index contributed by atoms with van der Waals surface area (Å²) < 4.78 is 19.0. The van der Waals surface area contributed by atoms with Crippen LogP contribution < -0.4 is 11.1 Å². The topological polar surface area (TPSA) is 103 Å². The Bertz CT molecular complexity index is 1110. The molecule has 0 bridgehead atoms. The highest BCUT2D eigenvalue weighted by molar-refractivity contribution is 6.31. The lowest BCUT2D eigenvalue weighted by molar-refractivity contribution is 0.518. The van der Waals surface area contributed by atoms with Crippen LogP contribution in [0.15, 0.2) is 59.7 Å². The fraction of sp³-hybridized carbons (Fsp3) is 0.0526. The van der Waals surface area contributed by atoms with Gasteiger partial charge in [0.2, 0.25) is 5.95 Å². The lowest BCUT2D eigenvalue weighted by Crippen LogP contribution is -2.08. The third-order valence-corrected chi connectivity index (χ3v) is 4.27. The minimum atomic E-state index is -0.520. The van der Waals surface area contributed by atoms with E-state index in [9.17, 15) is 4.39 Å². The normalized spacial score (nSPS) is 10.8. The Kier molecular flexibility index (Phi) is 4.86. The van der Waals surface area contributed by atoms with E-state index in [1.807, 2.05) is 6.07 Å². The quantitative estimate of drug-likeness (QED) is 0.521. The van der Waals surface area contributed by atoms with Crippen LogP contribution in [0.25, 0.3) is 22.4 Å². The van der Waals surface area contributed by atoms with E-state index >= 15 is 0 Å². The molecular weight excluding hydrogens is 383 g/mol. The first-order chi connectivity index (χ1) is 13.6. The van der Waals surface area contributed by atoms with Gasteiger partial charge < -0.3 is 15.5 Å². The van der Waals surface area contributed by atoms with Gasteiger partial charge in [-0.05, 0) is 30.3 Å². The predicted molar refractivity (Wildman–Crippen MR) is 104 cm³/mol. The molecule has 0 unspecified atom stereocenters. The number of benzene rings is 1. The molecule has 0 spiro atoms. The average molecular weight is 397 g/mol. The molecule has 0 aliphatic heterocycles. The fourth-order valence-electron chi connectivity index (χ4n) is 2.74. The van der Waals surface area contributed by atoms with Crippen LogP contribution in [0.4, 0.5) is 16.2 Å². The van der Waals surface area contributed by atoms with Crippen molar-refractivity contribution in [2.45, 2.75) is 6.54 Å². The maximum atomic E-state index is 13.6. The Labute approximate surface area is 164 Å². The Hall–Kier alpha value is -3.52. The van der Waals surface area contributed by atoms with Crippen molar-refractivity contribution in [1.29, 1.82) is 0 Å². The molecule has 0 aliphatic carbocycles. The molecule has 0 saturated heterocycles. The van der Waals surface area contributed by atoms with Crippen molar-refractivity contribution < 1.29 is 8.81 Å². The Morgan fingerprint density at radius 2 is 1.93 bits per heavy atom. The Balaban J connectivity index is 1.87. The summed E-state index contributed by atoms with van der Waals surface area (Å²) in [6.45, 7) is 0.383. The van der Waals surface area contributed by atoms with E-state index in [-0.39, 0.29) is 11.0 Å². The summed E-state index contributed by atoms with van der Waals surface area (Å²) >= 11 is 5.97. The number of nitrogens with zero attached hydrogens (tertiary/aromatic N) is 4. The molecule has 0 atom stereocenters. The number of nitrogen functional groups attached to an aromatic ring is 1. The lowest BCUT2D eigenvalue weighted by Gasteiger charge is -2.15. The largest absolute Gasteiger partial charge is 0.467 e. The summed E-state index contributed by atoms with van der Waals surface area (Å²) in [4.78, 5) is 16.8. The minimum absolute atomic E-state index is 0.0185. The van der Waals surface area contributed by atoms with Gasteiger partial charge in [-0.1, -0.05) is 11.6 Å². The second kappa shape index (κ2) is 7.61. The summed E-state index contributed by atoms with van der Waals surface area (Å²) in [5, 5.41) is 3.19. The summed E-state index contributed by atoms with van der Waals surface area (Å²) in [6, 6.07) is 7.97. The molecule has 0 radical (unpaired) electrons. The number of nitrogens with one attached hydrogen (secondary N) is 1. The van der Waals surface area contributed by atoms with Crippen LogP contribution in [0, 0.1) is 5.82 Å². The Morgan fingerprint density at radius 3 is 2.64 bits per heavy atom. The van der Waals surface area contributed by atoms with Gasteiger partial charge in [0, 0.05) is 23.5 Å². The molecule has 140 valence electrons. The van der Waals surface area contributed by atoms with E-state index in [2.05, 4.69) is 25.3 Å². The number of nitrogens with two attached hydrogens (primary N) is 1. The van der Waals surface area contributed by atoms with Gasteiger partial charge in [-0.25, -0.2) is 19.3 Å². The second-order valence-electron chi connectivity index (χ2n) is 5.84. The monoisotopic (exact) mass is 396 g/mol. The van der Waals surface area contributed by atoms with Crippen molar-refractivity contribution in [1.82, 2.24) is 19.9 Å². The molecule has 28 heavy (non-hydrogen) atoms. The number of hydrogen-bond acceptors (Lipinski definition) is 7. The van der Waals surface area contributed by atoms with Crippen LogP contribution >= 0.6 is 11.6 Å². The smallest absolute Gasteiger partial charge is 0.222 e. The SMILES string of the molecule is Nc1nc(NCc2ccco2)c(-c2cncnc2)c(-c2ccc(F)c(Cl)c2)n1. The van der Waals surface area contributed by atoms with Crippen molar-refractivity contribution in [2.24, 2.45) is 0 Å². The molecule has 0 saturated carbocycles. The summed E-state index contributed by atoms with van der Waals surface area (Å²) in [6.07, 6.45) is 6.28. The van der Waals surface area contributed by atoms with E-state index in [1.165, 1.54) is 18.5 Å². The molecule has 3 heterocycles. The third-order valence-electron chi connectivity index (χ3n) is 3.98.